The van der Waals surface area contributed by atoms with E-state index in [0.717, 1.165) is 15.8 Å². The Morgan fingerprint density at radius 1 is 0.933 bits per heavy atom. The van der Waals surface area contributed by atoms with Crippen molar-refractivity contribution in [3.63, 3.8) is 0 Å². The summed E-state index contributed by atoms with van der Waals surface area (Å²) in [6, 6.07) is 16.2. The minimum Gasteiger partial charge on any atom is -0.454 e. The van der Waals surface area contributed by atoms with E-state index in [1.54, 1.807) is 30.3 Å². The minimum absolute atomic E-state index is 0.0232. The second kappa shape index (κ2) is 7.18. The highest BCUT2D eigenvalue weighted by molar-refractivity contribution is 6.25. The Labute approximate surface area is 172 Å². The van der Waals surface area contributed by atoms with Gasteiger partial charge >= 0.3 is 0 Å². The highest BCUT2D eigenvalue weighted by Gasteiger charge is 2.32. The summed E-state index contributed by atoms with van der Waals surface area (Å²) in [6.45, 7) is 0.536. The zero-order chi connectivity index (χ0) is 20.7. The fourth-order valence-corrected chi connectivity index (χ4v) is 3.84. The molecule has 5 rings (SSSR count). The standard InChI is InChI=1S/C23H18N2O5/c26-20(24-12-14-7-8-18-19(11-14)30-13-29-18)9-10-25-22(27)16-5-1-3-15-4-2-6-17(21(15)16)23(25)28/h1-8,11H,9-10,12-13H2,(H,24,26). The van der Waals surface area contributed by atoms with Gasteiger partial charge in [0.25, 0.3) is 11.8 Å². The maximum atomic E-state index is 12.9. The molecular weight excluding hydrogens is 384 g/mol. The van der Waals surface area contributed by atoms with Gasteiger partial charge in [-0.15, -0.1) is 0 Å². The summed E-state index contributed by atoms with van der Waals surface area (Å²) in [7, 11) is 0. The molecule has 3 aromatic carbocycles. The van der Waals surface area contributed by atoms with Crippen LogP contribution in [-0.4, -0.2) is 36.0 Å². The molecule has 7 nitrogen and oxygen atoms in total. The van der Waals surface area contributed by atoms with Crippen molar-refractivity contribution in [3.05, 3.63) is 71.3 Å². The molecule has 0 aromatic heterocycles. The van der Waals surface area contributed by atoms with E-state index < -0.39 is 0 Å². The quantitative estimate of drug-likeness (QED) is 0.664. The van der Waals surface area contributed by atoms with Crippen molar-refractivity contribution in [2.75, 3.05) is 13.3 Å². The highest BCUT2D eigenvalue weighted by atomic mass is 16.7. The van der Waals surface area contributed by atoms with E-state index >= 15 is 0 Å². The molecule has 0 atom stereocenters. The van der Waals surface area contributed by atoms with Gasteiger partial charge in [0.15, 0.2) is 11.5 Å². The van der Waals surface area contributed by atoms with Crippen LogP contribution in [-0.2, 0) is 11.3 Å². The molecule has 0 saturated carbocycles. The molecule has 150 valence electrons. The lowest BCUT2D eigenvalue weighted by atomic mass is 9.94. The van der Waals surface area contributed by atoms with Gasteiger partial charge in [-0.25, -0.2) is 0 Å². The largest absolute Gasteiger partial charge is 0.454 e. The van der Waals surface area contributed by atoms with Crippen molar-refractivity contribution in [2.45, 2.75) is 13.0 Å². The molecule has 0 saturated heterocycles. The molecule has 0 radical (unpaired) electrons. The molecule has 3 amide bonds. The third kappa shape index (κ3) is 3.04. The normalized spacial score (nSPS) is 14.3. The third-order valence-electron chi connectivity index (χ3n) is 5.34. The fourth-order valence-electron chi connectivity index (χ4n) is 3.84. The Kier molecular flexibility index (Phi) is 4.35. The summed E-state index contributed by atoms with van der Waals surface area (Å²) in [5.74, 6) is 0.354. The van der Waals surface area contributed by atoms with Crippen LogP contribution in [0.5, 0.6) is 11.5 Å². The van der Waals surface area contributed by atoms with Crippen molar-refractivity contribution < 1.29 is 23.9 Å². The summed E-state index contributed by atoms with van der Waals surface area (Å²) in [4.78, 5) is 39.2. The van der Waals surface area contributed by atoms with Crippen molar-refractivity contribution in [2.24, 2.45) is 0 Å². The summed E-state index contributed by atoms with van der Waals surface area (Å²) < 4.78 is 10.6. The monoisotopic (exact) mass is 402 g/mol. The number of hydrogen-bond donors (Lipinski definition) is 1. The molecule has 0 unspecified atom stereocenters. The van der Waals surface area contributed by atoms with E-state index in [4.69, 9.17) is 9.47 Å². The van der Waals surface area contributed by atoms with E-state index in [0.29, 0.717) is 34.6 Å². The van der Waals surface area contributed by atoms with Gasteiger partial charge in [0.1, 0.15) is 0 Å². The van der Waals surface area contributed by atoms with E-state index in [2.05, 4.69) is 5.32 Å². The first-order valence-corrected chi connectivity index (χ1v) is 9.65. The lowest BCUT2D eigenvalue weighted by Gasteiger charge is -2.27. The zero-order valence-electron chi connectivity index (χ0n) is 16.0. The van der Waals surface area contributed by atoms with Crippen LogP contribution in [0.25, 0.3) is 10.8 Å². The van der Waals surface area contributed by atoms with E-state index in [-0.39, 0.29) is 37.5 Å². The Hall–Kier alpha value is -3.87. The number of benzene rings is 3. The second-order valence-electron chi connectivity index (χ2n) is 7.19. The molecular formula is C23H18N2O5. The number of imide groups is 1. The Morgan fingerprint density at radius 3 is 2.37 bits per heavy atom. The molecule has 2 aliphatic rings. The molecule has 0 aliphatic carbocycles. The number of hydrogen-bond acceptors (Lipinski definition) is 5. The Bertz CT molecular complexity index is 1150. The summed E-state index contributed by atoms with van der Waals surface area (Å²) in [5, 5.41) is 4.35. The van der Waals surface area contributed by atoms with Crippen LogP contribution in [0.4, 0.5) is 0 Å². The lowest BCUT2D eigenvalue weighted by molar-refractivity contribution is -0.121. The van der Waals surface area contributed by atoms with Gasteiger partial charge in [-0.1, -0.05) is 30.3 Å². The number of rotatable bonds is 5. The fraction of sp³-hybridized carbons (Fsp3) is 0.174. The molecule has 0 spiro atoms. The van der Waals surface area contributed by atoms with Crippen LogP contribution in [0.15, 0.2) is 54.6 Å². The van der Waals surface area contributed by atoms with Crippen molar-refractivity contribution in [1.29, 1.82) is 0 Å². The summed E-state index contributed by atoms with van der Waals surface area (Å²) >= 11 is 0. The van der Waals surface area contributed by atoms with Gasteiger partial charge < -0.3 is 14.8 Å². The molecule has 2 heterocycles. The van der Waals surface area contributed by atoms with E-state index in [1.807, 2.05) is 24.3 Å². The van der Waals surface area contributed by atoms with Crippen LogP contribution in [0, 0.1) is 0 Å². The summed E-state index contributed by atoms with van der Waals surface area (Å²) in [6.07, 6.45) is 0.0280. The zero-order valence-corrected chi connectivity index (χ0v) is 16.0. The molecule has 2 aliphatic heterocycles. The number of carbonyl (C=O) groups is 3. The van der Waals surface area contributed by atoms with Gasteiger partial charge in [0, 0.05) is 36.0 Å². The van der Waals surface area contributed by atoms with Crippen LogP contribution in [0.1, 0.15) is 32.7 Å². The van der Waals surface area contributed by atoms with Crippen LogP contribution < -0.4 is 14.8 Å². The molecule has 7 heteroatoms. The number of nitrogens with one attached hydrogen (secondary N) is 1. The number of fused-ring (bicyclic) bond motifs is 1. The smallest absolute Gasteiger partial charge is 0.261 e. The van der Waals surface area contributed by atoms with Crippen LogP contribution >= 0.6 is 0 Å². The number of ether oxygens (including phenoxy) is 2. The average Bonchev–Trinajstić information content (AvgIpc) is 3.24. The lowest BCUT2D eigenvalue weighted by Crippen LogP contribution is -2.42. The molecule has 0 fully saturated rings. The molecule has 3 aromatic rings. The predicted octanol–water partition coefficient (Wildman–Crippen LogP) is 2.87. The number of nitrogens with zero attached hydrogens (tertiary/aromatic N) is 1. The molecule has 1 N–H and O–H groups in total. The van der Waals surface area contributed by atoms with E-state index in [9.17, 15) is 14.4 Å². The maximum Gasteiger partial charge on any atom is 0.261 e. The predicted molar refractivity (Wildman–Crippen MR) is 108 cm³/mol. The van der Waals surface area contributed by atoms with E-state index in [1.165, 1.54) is 0 Å². The van der Waals surface area contributed by atoms with Crippen LogP contribution in [0.2, 0.25) is 0 Å². The first-order chi connectivity index (χ1) is 14.6. The second-order valence-corrected chi connectivity index (χ2v) is 7.19. The summed E-state index contributed by atoms with van der Waals surface area (Å²) in [5.41, 5.74) is 1.85. The maximum absolute atomic E-state index is 12.9. The van der Waals surface area contributed by atoms with Gasteiger partial charge in [0.05, 0.1) is 0 Å². The number of amides is 3. The van der Waals surface area contributed by atoms with Crippen molar-refractivity contribution >= 4 is 28.5 Å². The Morgan fingerprint density at radius 2 is 1.63 bits per heavy atom. The number of carbonyl (C=O) groups excluding carboxylic acids is 3. The highest BCUT2D eigenvalue weighted by Crippen LogP contribution is 2.32. The van der Waals surface area contributed by atoms with Crippen LogP contribution in [0.3, 0.4) is 0 Å². The first-order valence-electron chi connectivity index (χ1n) is 9.65. The SMILES string of the molecule is O=C(CCN1C(=O)c2cccc3cccc(c23)C1=O)NCc1ccc2c(c1)OCO2. The average molecular weight is 402 g/mol. The van der Waals surface area contributed by atoms with Gasteiger partial charge in [-0.3, -0.25) is 19.3 Å². The van der Waals surface area contributed by atoms with Gasteiger partial charge in [-0.2, -0.15) is 0 Å². The molecule has 30 heavy (non-hydrogen) atoms. The van der Waals surface area contributed by atoms with Crippen molar-refractivity contribution in [3.8, 4) is 11.5 Å². The third-order valence-corrected chi connectivity index (χ3v) is 5.34. The topological polar surface area (TPSA) is 84.9 Å². The first kappa shape index (κ1) is 18.2. The van der Waals surface area contributed by atoms with Gasteiger partial charge in [-0.05, 0) is 35.2 Å². The Balaban J connectivity index is 1.25. The van der Waals surface area contributed by atoms with Gasteiger partial charge in [0.2, 0.25) is 12.7 Å². The molecule has 0 bridgehead atoms. The minimum atomic E-state index is -0.368. The van der Waals surface area contributed by atoms with Crippen molar-refractivity contribution in [1.82, 2.24) is 10.2 Å².